The molecule has 1 unspecified atom stereocenters. The van der Waals surface area contributed by atoms with Crippen LogP contribution < -0.4 is 10.6 Å². The van der Waals surface area contributed by atoms with E-state index in [9.17, 15) is 9.59 Å². The molecule has 0 rings (SSSR count). The van der Waals surface area contributed by atoms with Gasteiger partial charge in [-0.25, -0.2) is 9.59 Å². The molecule has 94 valence electrons. The van der Waals surface area contributed by atoms with Gasteiger partial charge in [-0.15, -0.1) is 0 Å². The predicted molar refractivity (Wildman–Crippen MR) is 58.2 cm³/mol. The summed E-state index contributed by atoms with van der Waals surface area (Å²) in [6, 6.07) is -1.51. The molecule has 0 bridgehead atoms. The van der Waals surface area contributed by atoms with Gasteiger partial charge < -0.3 is 25.7 Å². The number of nitrogens with one attached hydrogen (secondary N) is 2. The third-order valence-electron chi connectivity index (χ3n) is 2.06. The third kappa shape index (κ3) is 5.52. The maximum atomic E-state index is 11.5. The lowest BCUT2D eigenvalue weighted by Crippen LogP contribution is -2.48. The van der Waals surface area contributed by atoms with Crippen LogP contribution in [0.3, 0.4) is 0 Å². The van der Waals surface area contributed by atoms with Crippen LogP contribution in [-0.2, 0) is 4.79 Å². The Hall–Kier alpha value is -1.34. The molecule has 0 saturated carbocycles. The van der Waals surface area contributed by atoms with Gasteiger partial charge in [-0.1, -0.05) is 0 Å². The lowest BCUT2D eigenvalue weighted by atomic mass is 10.2. The van der Waals surface area contributed by atoms with E-state index in [0.717, 1.165) is 0 Å². The fourth-order valence-electron chi connectivity index (χ4n) is 1.03. The molecule has 4 N–H and O–H groups in total. The molecule has 0 aliphatic rings. The number of hydrogen-bond acceptors (Lipinski definition) is 4. The summed E-state index contributed by atoms with van der Waals surface area (Å²) < 4.78 is 0. The molecule has 0 fully saturated rings. The second-order valence-electron chi connectivity index (χ2n) is 3.38. The van der Waals surface area contributed by atoms with Crippen LogP contribution in [0.25, 0.3) is 0 Å². The lowest BCUT2D eigenvalue weighted by Gasteiger charge is -2.20. The molecule has 0 aromatic carbocycles. The number of carbonyl (C=O) groups is 2. The van der Waals surface area contributed by atoms with Gasteiger partial charge in [-0.3, -0.25) is 0 Å². The summed E-state index contributed by atoms with van der Waals surface area (Å²) in [6.07, 6.45) is 0.000934. The number of carboxylic acid groups (broad SMARTS) is 1. The largest absolute Gasteiger partial charge is 0.480 e. The van der Waals surface area contributed by atoms with Crippen LogP contribution in [-0.4, -0.2) is 66.9 Å². The summed E-state index contributed by atoms with van der Waals surface area (Å²) in [7, 11) is 3.34. The highest BCUT2D eigenvalue weighted by molar-refractivity contribution is 5.82. The number of aliphatic carboxylic acids is 1. The minimum Gasteiger partial charge on any atom is -0.480 e. The van der Waals surface area contributed by atoms with E-state index in [2.05, 4.69) is 10.6 Å². The van der Waals surface area contributed by atoms with Crippen molar-refractivity contribution in [1.82, 2.24) is 15.5 Å². The van der Waals surface area contributed by atoms with Crippen LogP contribution >= 0.6 is 0 Å². The maximum absolute atomic E-state index is 11.5. The van der Waals surface area contributed by atoms with E-state index in [1.807, 2.05) is 0 Å². The minimum absolute atomic E-state index is 0.000934. The van der Waals surface area contributed by atoms with Gasteiger partial charge in [0.05, 0.1) is 0 Å². The van der Waals surface area contributed by atoms with Gasteiger partial charge in [0, 0.05) is 33.2 Å². The Morgan fingerprint density at radius 3 is 2.50 bits per heavy atom. The number of aliphatic hydroxyl groups excluding tert-OH is 1. The molecule has 0 spiro atoms. The Labute approximate surface area is 94.4 Å². The zero-order chi connectivity index (χ0) is 12.6. The SMILES string of the molecule is CNCCN(C)C(=O)NC(CCO)C(=O)O. The Morgan fingerprint density at radius 1 is 1.44 bits per heavy atom. The van der Waals surface area contributed by atoms with Gasteiger partial charge in [-0.05, 0) is 7.05 Å². The summed E-state index contributed by atoms with van der Waals surface area (Å²) in [6.45, 7) is 0.826. The van der Waals surface area contributed by atoms with Crippen molar-refractivity contribution in [3.63, 3.8) is 0 Å². The van der Waals surface area contributed by atoms with Crippen molar-refractivity contribution in [2.75, 3.05) is 33.8 Å². The summed E-state index contributed by atoms with van der Waals surface area (Å²) in [4.78, 5) is 23.6. The Balaban J connectivity index is 4.12. The highest BCUT2D eigenvalue weighted by Crippen LogP contribution is 1.93. The number of carboxylic acids is 1. The fourth-order valence-corrected chi connectivity index (χ4v) is 1.03. The van der Waals surface area contributed by atoms with Gasteiger partial charge in [-0.2, -0.15) is 0 Å². The average molecular weight is 233 g/mol. The highest BCUT2D eigenvalue weighted by atomic mass is 16.4. The lowest BCUT2D eigenvalue weighted by molar-refractivity contribution is -0.139. The maximum Gasteiger partial charge on any atom is 0.326 e. The van der Waals surface area contributed by atoms with Gasteiger partial charge >= 0.3 is 12.0 Å². The summed E-state index contributed by atoms with van der Waals surface area (Å²) >= 11 is 0. The summed E-state index contributed by atoms with van der Waals surface area (Å²) in [5.41, 5.74) is 0. The number of rotatable bonds is 7. The number of aliphatic hydroxyl groups is 1. The molecule has 0 heterocycles. The monoisotopic (exact) mass is 233 g/mol. The number of nitrogens with zero attached hydrogens (tertiary/aromatic N) is 1. The van der Waals surface area contributed by atoms with Crippen molar-refractivity contribution in [2.24, 2.45) is 0 Å². The van der Waals surface area contributed by atoms with Crippen LogP contribution in [0, 0.1) is 0 Å². The van der Waals surface area contributed by atoms with Crippen LogP contribution in [0.15, 0.2) is 0 Å². The van der Waals surface area contributed by atoms with Crippen molar-refractivity contribution < 1.29 is 19.8 Å². The minimum atomic E-state index is -1.15. The topological polar surface area (TPSA) is 102 Å². The van der Waals surface area contributed by atoms with E-state index in [-0.39, 0.29) is 13.0 Å². The number of urea groups is 1. The smallest absolute Gasteiger partial charge is 0.326 e. The fraction of sp³-hybridized carbons (Fsp3) is 0.778. The van der Waals surface area contributed by atoms with Crippen molar-refractivity contribution in [3.05, 3.63) is 0 Å². The average Bonchev–Trinajstić information content (AvgIpc) is 2.24. The number of hydrogen-bond donors (Lipinski definition) is 4. The molecule has 2 amide bonds. The molecule has 0 aliphatic carbocycles. The van der Waals surface area contributed by atoms with Gasteiger partial charge in [0.15, 0.2) is 0 Å². The van der Waals surface area contributed by atoms with Gasteiger partial charge in [0.25, 0.3) is 0 Å². The second kappa shape index (κ2) is 7.89. The normalized spacial score (nSPS) is 11.9. The molecule has 7 nitrogen and oxygen atoms in total. The molecule has 7 heteroatoms. The van der Waals surface area contributed by atoms with E-state index < -0.39 is 18.0 Å². The van der Waals surface area contributed by atoms with Gasteiger partial charge in [0.1, 0.15) is 6.04 Å². The van der Waals surface area contributed by atoms with Crippen molar-refractivity contribution in [1.29, 1.82) is 0 Å². The van der Waals surface area contributed by atoms with Gasteiger partial charge in [0.2, 0.25) is 0 Å². The van der Waals surface area contributed by atoms with E-state index in [1.165, 1.54) is 4.90 Å². The van der Waals surface area contributed by atoms with E-state index in [0.29, 0.717) is 13.1 Å². The molecule has 1 atom stereocenters. The molecule has 0 aromatic rings. The van der Waals surface area contributed by atoms with Crippen molar-refractivity contribution in [3.8, 4) is 0 Å². The molecular formula is C9H19N3O4. The predicted octanol–water partition coefficient (Wildman–Crippen LogP) is -1.32. The van der Waals surface area contributed by atoms with Crippen LogP contribution in [0.5, 0.6) is 0 Å². The van der Waals surface area contributed by atoms with E-state index >= 15 is 0 Å². The molecule has 16 heavy (non-hydrogen) atoms. The second-order valence-corrected chi connectivity index (χ2v) is 3.38. The number of carbonyl (C=O) groups excluding carboxylic acids is 1. The highest BCUT2D eigenvalue weighted by Gasteiger charge is 2.20. The Morgan fingerprint density at radius 2 is 2.06 bits per heavy atom. The summed E-state index contributed by atoms with van der Waals surface area (Å²) in [5, 5.41) is 22.6. The summed E-state index contributed by atoms with van der Waals surface area (Å²) in [5.74, 6) is -1.15. The first kappa shape index (κ1) is 14.7. The van der Waals surface area contributed by atoms with Crippen LogP contribution in [0.4, 0.5) is 4.79 Å². The first-order valence-corrected chi connectivity index (χ1v) is 5.02. The molecular weight excluding hydrogens is 214 g/mol. The molecule has 0 radical (unpaired) electrons. The molecule has 0 saturated heterocycles. The Bertz CT molecular complexity index is 235. The van der Waals surface area contributed by atoms with E-state index in [4.69, 9.17) is 10.2 Å². The van der Waals surface area contributed by atoms with Crippen molar-refractivity contribution in [2.45, 2.75) is 12.5 Å². The third-order valence-corrected chi connectivity index (χ3v) is 2.06. The molecule has 0 aliphatic heterocycles. The van der Waals surface area contributed by atoms with Crippen LogP contribution in [0.1, 0.15) is 6.42 Å². The van der Waals surface area contributed by atoms with Crippen LogP contribution in [0.2, 0.25) is 0 Å². The van der Waals surface area contributed by atoms with Crippen molar-refractivity contribution >= 4 is 12.0 Å². The standard InChI is InChI=1S/C9H19N3O4/c1-10-4-5-12(2)9(16)11-7(3-6-13)8(14)15/h7,10,13H,3-6H2,1-2H3,(H,11,16)(H,14,15). The zero-order valence-corrected chi connectivity index (χ0v) is 9.56. The molecule has 0 aromatic heterocycles. The van der Waals surface area contributed by atoms with E-state index in [1.54, 1.807) is 14.1 Å². The first-order chi connectivity index (χ1) is 7.52. The number of amides is 2. The quantitative estimate of drug-likeness (QED) is 0.437. The zero-order valence-electron chi connectivity index (χ0n) is 9.56. The number of likely N-dealkylation sites (N-methyl/N-ethyl adjacent to an activating group) is 2. The first-order valence-electron chi connectivity index (χ1n) is 5.02. The Kier molecular flexibility index (Phi) is 7.23.